The van der Waals surface area contributed by atoms with Crippen LogP contribution in [0.25, 0.3) is 5.76 Å². The quantitative estimate of drug-likeness (QED) is 0.314. The second-order valence-electron chi connectivity index (χ2n) is 8.53. The van der Waals surface area contributed by atoms with Gasteiger partial charge in [0.2, 0.25) is 0 Å². The molecule has 1 atom stereocenters. The Morgan fingerprint density at radius 1 is 1.06 bits per heavy atom. The molecule has 6 heteroatoms. The highest BCUT2D eigenvalue weighted by Gasteiger charge is 2.46. The van der Waals surface area contributed by atoms with Crippen LogP contribution in [-0.4, -0.2) is 41.0 Å². The number of carbonyl (C=O) groups excluding carboxylic acids is 2. The van der Waals surface area contributed by atoms with Crippen molar-refractivity contribution in [2.24, 2.45) is 0 Å². The van der Waals surface area contributed by atoms with Crippen LogP contribution in [0.3, 0.4) is 0 Å². The molecule has 0 aliphatic carbocycles. The summed E-state index contributed by atoms with van der Waals surface area (Å²) in [7, 11) is 0. The van der Waals surface area contributed by atoms with Gasteiger partial charge in [-0.1, -0.05) is 32.0 Å². The van der Waals surface area contributed by atoms with E-state index in [1.807, 2.05) is 58.9 Å². The van der Waals surface area contributed by atoms with Gasteiger partial charge in [-0.05, 0) is 63.4 Å². The number of amides is 1. The molecule has 3 rings (SSSR count). The normalized spacial score (nSPS) is 17.6. The van der Waals surface area contributed by atoms with Gasteiger partial charge in [0.05, 0.1) is 24.3 Å². The predicted molar refractivity (Wildman–Crippen MR) is 128 cm³/mol. The molecule has 2 aromatic carbocycles. The summed E-state index contributed by atoms with van der Waals surface area (Å²) < 4.78 is 11.7. The second-order valence-corrected chi connectivity index (χ2v) is 8.53. The molecule has 1 fully saturated rings. The lowest BCUT2D eigenvalue weighted by atomic mass is 9.94. The number of likely N-dealkylation sites (tertiary alicyclic amines) is 1. The summed E-state index contributed by atoms with van der Waals surface area (Å²) >= 11 is 0. The van der Waals surface area contributed by atoms with Crippen molar-refractivity contribution < 1.29 is 24.2 Å². The number of carbonyl (C=O) groups is 2. The Labute approximate surface area is 195 Å². The maximum absolute atomic E-state index is 13.1. The van der Waals surface area contributed by atoms with E-state index < -0.39 is 17.7 Å². The van der Waals surface area contributed by atoms with Crippen molar-refractivity contribution in [3.05, 3.63) is 64.7 Å². The van der Waals surface area contributed by atoms with Crippen molar-refractivity contribution in [3.8, 4) is 11.5 Å². The molecule has 1 unspecified atom stereocenters. The van der Waals surface area contributed by atoms with Gasteiger partial charge in [-0.2, -0.15) is 0 Å². The number of ether oxygens (including phenoxy) is 2. The van der Waals surface area contributed by atoms with Crippen LogP contribution in [0.1, 0.15) is 63.3 Å². The summed E-state index contributed by atoms with van der Waals surface area (Å²) in [6.45, 7) is 10.7. The Hall–Kier alpha value is -3.28. The molecule has 176 valence electrons. The zero-order valence-corrected chi connectivity index (χ0v) is 20.1. The van der Waals surface area contributed by atoms with Crippen LogP contribution >= 0.6 is 0 Å². The fourth-order valence-corrected chi connectivity index (χ4v) is 4.07. The molecular formula is C27H33NO5. The average Bonchev–Trinajstić information content (AvgIpc) is 3.03. The van der Waals surface area contributed by atoms with Gasteiger partial charge in [-0.25, -0.2) is 0 Å². The van der Waals surface area contributed by atoms with Gasteiger partial charge in [0.15, 0.2) is 0 Å². The molecular weight excluding hydrogens is 418 g/mol. The molecule has 1 aliphatic rings. The molecule has 6 nitrogen and oxygen atoms in total. The number of para-hydroxylation sites is 1. The van der Waals surface area contributed by atoms with Crippen LogP contribution in [-0.2, 0) is 9.59 Å². The lowest BCUT2D eigenvalue weighted by molar-refractivity contribution is -0.139. The molecule has 0 radical (unpaired) electrons. The summed E-state index contributed by atoms with van der Waals surface area (Å²) in [5.74, 6) is -0.170. The molecule has 1 saturated heterocycles. The maximum Gasteiger partial charge on any atom is 0.295 e. The number of aliphatic hydroxyl groups excluding tert-OH is 1. The number of hydrogen-bond donors (Lipinski definition) is 1. The van der Waals surface area contributed by atoms with E-state index in [1.165, 1.54) is 4.90 Å². The summed E-state index contributed by atoms with van der Waals surface area (Å²) in [6, 6.07) is 11.9. The summed E-state index contributed by atoms with van der Waals surface area (Å²) in [5, 5.41) is 11.3. The highest BCUT2D eigenvalue weighted by Crippen LogP contribution is 2.43. The van der Waals surface area contributed by atoms with E-state index in [9.17, 15) is 14.7 Å². The molecule has 1 aliphatic heterocycles. The zero-order chi connectivity index (χ0) is 24.1. The third kappa shape index (κ3) is 5.05. The van der Waals surface area contributed by atoms with Crippen molar-refractivity contribution in [2.75, 3.05) is 13.2 Å². The minimum atomic E-state index is -0.726. The van der Waals surface area contributed by atoms with Crippen LogP contribution in [0.4, 0.5) is 0 Å². The second kappa shape index (κ2) is 10.6. The standard InChI is InChI=1S/C27H33NO5/c1-6-14-28-24(20-10-8-9-11-22(20)33-17(3)4)23(26(30)27(28)31)25(29)19-12-13-21(18(5)16-19)32-15-7-2/h8-13,16-17,24,29H,6-7,14-15H2,1-5H3/b25-23-. The smallest absolute Gasteiger partial charge is 0.295 e. The minimum absolute atomic E-state index is 0.0786. The number of aryl methyl sites for hydroxylation is 1. The Bertz CT molecular complexity index is 1060. The van der Waals surface area contributed by atoms with Crippen LogP contribution in [0.5, 0.6) is 11.5 Å². The van der Waals surface area contributed by atoms with E-state index in [0.29, 0.717) is 36.4 Å². The number of rotatable bonds is 9. The summed E-state index contributed by atoms with van der Waals surface area (Å²) in [5.41, 5.74) is 2.07. The van der Waals surface area contributed by atoms with Crippen molar-refractivity contribution >= 4 is 17.4 Å². The number of Topliss-reactive ketones (excluding diaryl/α,β-unsaturated/α-hetero) is 1. The fourth-order valence-electron chi connectivity index (χ4n) is 4.07. The molecule has 0 saturated carbocycles. The lowest BCUT2D eigenvalue weighted by Gasteiger charge is -2.27. The zero-order valence-electron chi connectivity index (χ0n) is 20.1. The van der Waals surface area contributed by atoms with Crippen LogP contribution in [0.2, 0.25) is 0 Å². The van der Waals surface area contributed by atoms with Crippen LogP contribution < -0.4 is 9.47 Å². The number of nitrogens with zero attached hydrogens (tertiary/aromatic N) is 1. The van der Waals surface area contributed by atoms with E-state index >= 15 is 0 Å². The van der Waals surface area contributed by atoms with Crippen molar-refractivity contribution in [1.29, 1.82) is 0 Å². The molecule has 1 heterocycles. The predicted octanol–water partition coefficient (Wildman–Crippen LogP) is 5.40. The Balaban J connectivity index is 2.16. The summed E-state index contributed by atoms with van der Waals surface area (Å²) in [4.78, 5) is 27.6. The molecule has 0 aromatic heterocycles. The molecule has 2 aromatic rings. The first kappa shape index (κ1) is 24.4. The molecule has 1 amide bonds. The third-order valence-electron chi connectivity index (χ3n) is 5.49. The number of aliphatic hydroxyl groups is 1. The first-order chi connectivity index (χ1) is 15.8. The molecule has 1 N–H and O–H groups in total. The number of benzene rings is 2. The fraction of sp³-hybridized carbons (Fsp3) is 0.407. The van der Waals surface area contributed by atoms with Gasteiger partial charge in [0.1, 0.15) is 17.3 Å². The molecule has 0 bridgehead atoms. The first-order valence-corrected chi connectivity index (χ1v) is 11.6. The SMILES string of the molecule is CCCOc1ccc(/C(O)=C2/C(=O)C(=O)N(CCC)C2c2ccccc2OC(C)C)cc1C. The van der Waals surface area contributed by atoms with Crippen molar-refractivity contribution in [2.45, 2.75) is 59.6 Å². The topological polar surface area (TPSA) is 76.1 Å². The van der Waals surface area contributed by atoms with E-state index in [2.05, 4.69) is 0 Å². The maximum atomic E-state index is 13.1. The highest BCUT2D eigenvalue weighted by atomic mass is 16.5. The summed E-state index contributed by atoms with van der Waals surface area (Å²) in [6.07, 6.45) is 1.48. The third-order valence-corrected chi connectivity index (χ3v) is 5.49. The number of hydrogen-bond acceptors (Lipinski definition) is 5. The van der Waals surface area contributed by atoms with Gasteiger partial charge < -0.3 is 19.5 Å². The lowest BCUT2D eigenvalue weighted by Crippen LogP contribution is -2.30. The largest absolute Gasteiger partial charge is 0.507 e. The van der Waals surface area contributed by atoms with Gasteiger partial charge in [0.25, 0.3) is 11.7 Å². The number of ketones is 1. The van der Waals surface area contributed by atoms with E-state index in [-0.39, 0.29) is 17.4 Å². The van der Waals surface area contributed by atoms with E-state index in [1.54, 1.807) is 18.2 Å². The Morgan fingerprint density at radius 2 is 1.79 bits per heavy atom. The first-order valence-electron chi connectivity index (χ1n) is 11.6. The Morgan fingerprint density at radius 3 is 2.42 bits per heavy atom. The molecule has 0 spiro atoms. The molecule has 33 heavy (non-hydrogen) atoms. The van der Waals surface area contributed by atoms with Gasteiger partial charge in [-0.15, -0.1) is 0 Å². The van der Waals surface area contributed by atoms with Gasteiger partial charge in [-0.3, -0.25) is 9.59 Å². The highest BCUT2D eigenvalue weighted by molar-refractivity contribution is 6.46. The van der Waals surface area contributed by atoms with Crippen LogP contribution in [0.15, 0.2) is 48.0 Å². The van der Waals surface area contributed by atoms with Gasteiger partial charge >= 0.3 is 0 Å². The van der Waals surface area contributed by atoms with Gasteiger partial charge in [0, 0.05) is 17.7 Å². The van der Waals surface area contributed by atoms with E-state index in [4.69, 9.17) is 9.47 Å². The Kier molecular flexibility index (Phi) is 7.79. The van der Waals surface area contributed by atoms with Crippen molar-refractivity contribution in [3.63, 3.8) is 0 Å². The minimum Gasteiger partial charge on any atom is -0.507 e. The van der Waals surface area contributed by atoms with Crippen molar-refractivity contribution in [1.82, 2.24) is 4.90 Å². The van der Waals surface area contributed by atoms with Crippen LogP contribution in [0, 0.1) is 6.92 Å². The average molecular weight is 452 g/mol. The van der Waals surface area contributed by atoms with E-state index in [0.717, 1.165) is 17.7 Å². The monoisotopic (exact) mass is 451 g/mol.